The zero-order chi connectivity index (χ0) is 14.5. The fourth-order valence-corrected chi connectivity index (χ4v) is 1.82. The van der Waals surface area contributed by atoms with Crippen molar-refractivity contribution < 1.29 is 13.9 Å². The fourth-order valence-electron chi connectivity index (χ4n) is 1.58. The van der Waals surface area contributed by atoms with E-state index in [9.17, 15) is 9.18 Å². The summed E-state index contributed by atoms with van der Waals surface area (Å²) in [5.41, 5.74) is 6.39. The van der Waals surface area contributed by atoms with E-state index in [2.05, 4.69) is 5.32 Å². The van der Waals surface area contributed by atoms with Crippen molar-refractivity contribution in [3.8, 4) is 5.75 Å². The van der Waals surface area contributed by atoms with Crippen molar-refractivity contribution >= 4 is 28.9 Å². The van der Waals surface area contributed by atoms with Crippen LogP contribution in [-0.4, -0.2) is 12.5 Å². The lowest BCUT2D eigenvalue weighted by Gasteiger charge is -2.10. The Morgan fingerprint density at radius 2 is 2.05 bits per heavy atom. The molecular formula is C14H12ClFN2O2. The maximum absolute atomic E-state index is 13.0. The number of hydrogen-bond donors (Lipinski definition) is 2. The molecule has 0 aliphatic carbocycles. The number of nitrogens with one attached hydrogen (secondary N) is 1. The number of amides is 1. The summed E-state index contributed by atoms with van der Waals surface area (Å²) < 4.78 is 18.2. The van der Waals surface area contributed by atoms with Crippen molar-refractivity contribution in [3.05, 3.63) is 53.3 Å². The van der Waals surface area contributed by atoms with Gasteiger partial charge in [0.05, 0.1) is 10.7 Å². The number of ether oxygens (including phenoxy) is 1. The first-order chi connectivity index (χ1) is 9.56. The molecule has 0 spiro atoms. The number of carbonyl (C=O) groups excluding carboxylic acids is 1. The van der Waals surface area contributed by atoms with Crippen molar-refractivity contribution in [2.45, 2.75) is 0 Å². The molecule has 20 heavy (non-hydrogen) atoms. The van der Waals surface area contributed by atoms with E-state index >= 15 is 0 Å². The van der Waals surface area contributed by atoms with E-state index < -0.39 is 11.7 Å². The highest BCUT2D eigenvalue weighted by Gasteiger charge is 2.09. The molecule has 104 valence electrons. The highest BCUT2D eigenvalue weighted by Crippen LogP contribution is 2.30. The van der Waals surface area contributed by atoms with Gasteiger partial charge < -0.3 is 15.8 Å². The lowest BCUT2D eigenvalue weighted by atomic mass is 10.3. The minimum atomic E-state index is -0.435. The molecule has 0 heterocycles. The van der Waals surface area contributed by atoms with Crippen molar-refractivity contribution in [1.29, 1.82) is 0 Å². The van der Waals surface area contributed by atoms with Crippen LogP contribution in [0, 0.1) is 5.82 Å². The Morgan fingerprint density at radius 1 is 1.30 bits per heavy atom. The van der Waals surface area contributed by atoms with Crippen LogP contribution in [0.25, 0.3) is 0 Å². The van der Waals surface area contributed by atoms with Crippen molar-refractivity contribution in [3.63, 3.8) is 0 Å². The second-order valence-corrected chi connectivity index (χ2v) is 4.41. The molecule has 2 aromatic rings. The molecule has 0 radical (unpaired) electrons. The molecule has 3 N–H and O–H groups in total. The summed E-state index contributed by atoms with van der Waals surface area (Å²) in [6, 6.07) is 10.5. The zero-order valence-corrected chi connectivity index (χ0v) is 11.2. The van der Waals surface area contributed by atoms with Gasteiger partial charge in [-0.15, -0.1) is 0 Å². The molecule has 6 heteroatoms. The second-order valence-electron chi connectivity index (χ2n) is 4.01. The summed E-state index contributed by atoms with van der Waals surface area (Å²) >= 11 is 5.91. The van der Waals surface area contributed by atoms with Crippen LogP contribution in [0.3, 0.4) is 0 Å². The Morgan fingerprint density at radius 3 is 2.75 bits per heavy atom. The van der Waals surface area contributed by atoms with Crippen LogP contribution in [0.15, 0.2) is 42.5 Å². The molecule has 2 aromatic carbocycles. The Labute approximate surface area is 120 Å². The Bertz CT molecular complexity index is 614. The Kier molecular flexibility index (Phi) is 4.42. The number of para-hydroxylation sites is 1. The second kappa shape index (κ2) is 6.25. The predicted octanol–water partition coefficient (Wildman–Crippen LogP) is 3.08. The molecule has 0 unspecified atom stereocenters. The third-order valence-corrected chi connectivity index (χ3v) is 2.75. The van der Waals surface area contributed by atoms with Crippen LogP contribution in [0.5, 0.6) is 5.75 Å². The van der Waals surface area contributed by atoms with Crippen LogP contribution in [0.2, 0.25) is 5.02 Å². The van der Waals surface area contributed by atoms with E-state index in [-0.39, 0.29) is 12.4 Å². The van der Waals surface area contributed by atoms with Crippen molar-refractivity contribution in [1.82, 2.24) is 0 Å². The SMILES string of the molecule is Nc1cccc(Cl)c1OCC(=O)Nc1cccc(F)c1. The minimum absolute atomic E-state index is 0.253. The van der Waals surface area contributed by atoms with Crippen molar-refractivity contribution in [2.24, 2.45) is 0 Å². The van der Waals surface area contributed by atoms with Gasteiger partial charge in [-0.2, -0.15) is 0 Å². The van der Waals surface area contributed by atoms with Crippen LogP contribution >= 0.6 is 11.6 Å². The van der Waals surface area contributed by atoms with E-state index in [0.29, 0.717) is 16.4 Å². The number of nitrogens with two attached hydrogens (primary N) is 1. The summed E-state index contributed by atoms with van der Waals surface area (Å²) in [5.74, 6) is -0.613. The van der Waals surface area contributed by atoms with E-state index in [1.165, 1.54) is 18.2 Å². The van der Waals surface area contributed by atoms with Gasteiger partial charge >= 0.3 is 0 Å². The molecule has 0 saturated heterocycles. The van der Waals surface area contributed by atoms with Gasteiger partial charge in [0, 0.05) is 5.69 Å². The molecular weight excluding hydrogens is 283 g/mol. The Balaban J connectivity index is 1.96. The summed E-state index contributed by atoms with van der Waals surface area (Å²) in [6.07, 6.45) is 0. The smallest absolute Gasteiger partial charge is 0.262 e. The molecule has 0 aliphatic heterocycles. The lowest BCUT2D eigenvalue weighted by Crippen LogP contribution is -2.20. The number of nitrogen functional groups attached to an aromatic ring is 1. The van der Waals surface area contributed by atoms with E-state index in [1.54, 1.807) is 24.3 Å². The van der Waals surface area contributed by atoms with Gasteiger partial charge in [0.15, 0.2) is 12.4 Å². The molecule has 0 atom stereocenters. The van der Waals surface area contributed by atoms with E-state index in [0.717, 1.165) is 0 Å². The van der Waals surface area contributed by atoms with Gasteiger partial charge in [0.2, 0.25) is 0 Å². The first-order valence-corrected chi connectivity index (χ1v) is 6.16. The number of hydrogen-bond acceptors (Lipinski definition) is 3. The monoisotopic (exact) mass is 294 g/mol. The van der Waals surface area contributed by atoms with Crippen LogP contribution in [0.1, 0.15) is 0 Å². The van der Waals surface area contributed by atoms with Gasteiger partial charge in [-0.1, -0.05) is 23.7 Å². The van der Waals surface area contributed by atoms with Crippen LogP contribution in [0.4, 0.5) is 15.8 Å². The summed E-state index contributed by atoms with van der Waals surface area (Å²) in [7, 11) is 0. The maximum Gasteiger partial charge on any atom is 0.262 e. The van der Waals surface area contributed by atoms with Gasteiger partial charge in [0.25, 0.3) is 5.91 Å². The number of halogens is 2. The minimum Gasteiger partial charge on any atom is -0.480 e. The highest BCUT2D eigenvalue weighted by molar-refractivity contribution is 6.32. The molecule has 4 nitrogen and oxygen atoms in total. The largest absolute Gasteiger partial charge is 0.480 e. The average molecular weight is 295 g/mol. The van der Waals surface area contributed by atoms with Gasteiger partial charge in [0.1, 0.15) is 5.82 Å². The van der Waals surface area contributed by atoms with Gasteiger partial charge in [-0.3, -0.25) is 4.79 Å². The molecule has 2 rings (SSSR count). The number of anilines is 2. The van der Waals surface area contributed by atoms with Crippen molar-refractivity contribution in [2.75, 3.05) is 17.7 Å². The summed E-state index contributed by atoms with van der Waals surface area (Å²) in [5, 5.41) is 2.83. The standard InChI is InChI=1S/C14H12ClFN2O2/c15-11-5-2-6-12(17)14(11)20-8-13(19)18-10-4-1-3-9(16)7-10/h1-7H,8,17H2,(H,18,19). The highest BCUT2D eigenvalue weighted by atomic mass is 35.5. The van der Waals surface area contributed by atoms with Gasteiger partial charge in [-0.25, -0.2) is 4.39 Å². The molecule has 0 aliphatic rings. The van der Waals surface area contributed by atoms with E-state index in [1.807, 2.05) is 0 Å². The molecule has 0 aromatic heterocycles. The topological polar surface area (TPSA) is 64.3 Å². The van der Waals surface area contributed by atoms with E-state index in [4.69, 9.17) is 22.1 Å². The number of benzene rings is 2. The molecule has 0 bridgehead atoms. The Hall–Kier alpha value is -2.27. The van der Waals surface area contributed by atoms with Gasteiger partial charge in [-0.05, 0) is 30.3 Å². The zero-order valence-electron chi connectivity index (χ0n) is 10.4. The first-order valence-electron chi connectivity index (χ1n) is 5.78. The normalized spacial score (nSPS) is 10.1. The molecule has 1 amide bonds. The quantitative estimate of drug-likeness (QED) is 0.852. The maximum atomic E-state index is 13.0. The summed E-state index contributed by atoms with van der Waals surface area (Å²) in [6.45, 7) is -0.273. The summed E-state index contributed by atoms with van der Waals surface area (Å²) in [4.78, 5) is 11.7. The first kappa shape index (κ1) is 14.1. The lowest BCUT2D eigenvalue weighted by molar-refractivity contribution is -0.118. The third-order valence-electron chi connectivity index (χ3n) is 2.45. The van der Waals surface area contributed by atoms with Crippen LogP contribution in [-0.2, 0) is 4.79 Å². The molecule has 0 saturated carbocycles. The average Bonchev–Trinajstić information content (AvgIpc) is 2.38. The third kappa shape index (κ3) is 3.61. The number of rotatable bonds is 4. The number of carbonyl (C=O) groups is 1. The fraction of sp³-hybridized carbons (Fsp3) is 0.0714. The van der Waals surface area contributed by atoms with Crippen LogP contribution < -0.4 is 15.8 Å². The predicted molar refractivity (Wildman–Crippen MR) is 76.4 cm³/mol. The molecule has 0 fully saturated rings.